The summed E-state index contributed by atoms with van der Waals surface area (Å²) in [5.74, 6) is 0. The van der Waals surface area contributed by atoms with Gasteiger partial charge in [-0.25, -0.2) is 0 Å². The Labute approximate surface area is 105 Å². The molecule has 0 amide bonds. The zero-order valence-corrected chi connectivity index (χ0v) is 11.2. The largest absolute Gasteiger partial charge is 0.351 e. The maximum atomic E-state index is 6.13. The Hall–Kier alpha value is -0.800. The summed E-state index contributed by atoms with van der Waals surface area (Å²) in [5, 5.41) is 0. The van der Waals surface area contributed by atoms with Gasteiger partial charge in [0.25, 0.3) is 0 Å². The summed E-state index contributed by atoms with van der Waals surface area (Å²) in [6.07, 6.45) is 8.36. The van der Waals surface area contributed by atoms with Crippen molar-refractivity contribution in [2.45, 2.75) is 44.7 Å². The van der Waals surface area contributed by atoms with Gasteiger partial charge in [-0.05, 0) is 64.4 Å². The predicted molar refractivity (Wildman–Crippen MR) is 72.1 cm³/mol. The smallest absolute Gasteiger partial charge is 0.0312 e. The van der Waals surface area contributed by atoms with Gasteiger partial charge in [-0.2, -0.15) is 0 Å². The van der Waals surface area contributed by atoms with Crippen molar-refractivity contribution in [2.24, 2.45) is 5.73 Å². The van der Waals surface area contributed by atoms with Gasteiger partial charge in [0, 0.05) is 24.5 Å². The maximum absolute atomic E-state index is 6.13. The average Bonchev–Trinajstić information content (AvgIpc) is 2.69. The molecule has 0 saturated heterocycles. The van der Waals surface area contributed by atoms with Crippen LogP contribution in [0.3, 0.4) is 0 Å². The lowest BCUT2D eigenvalue weighted by Crippen LogP contribution is -2.18. The van der Waals surface area contributed by atoms with E-state index in [1.54, 1.807) is 0 Å². The molecule has 2 rings (SSSR count). The molecule has 0 bridgehead atoms. The third-order valence-corrected chi connectivity index (χ3v) is 3.70. The van der Waals surface area contributed by atoms with Crippen molar-refractivity contribution in [3.05, 3.63) is 23.5 Å². The van der Waals surface area contributed by atoms with Crippen molar-refractivity contribution >= 4 is 0 Å². The quantitative estimate of drug-likeness (QED) is 0.794. The highest BCUT2D eigenvalue weighted by Crippen LogP contribution is 2.28. The number of nitrogens with zero attached hydrogens (tertiary/aromatic N) is 2. The highest BCUT2D eigenvalue weighted by Gasteiger charge is 2.19. The van der Waals surface area contributed by atoms with Crippen LogP contribution in [0, 0.1) is 0 Å². The van der Waals surface area contributed by atoms with Gasteiger partial charge in [0.2, 0.25) is 0 Å². The minimum Gasteiger partial charge on any atom is -0.351 e. The summed E-state index contributed by atoms with van der Waals surface area (Å²) in [7, 11) is 4.27. The first kappa shape index (κ1) is 12.7. The highest BCUT2D eigenvalue weighted by molar-refractivity contribution is 5.28. The molecule has 0 aliphatic heterocycles. The second kappa shape index (κ2) is 5.69. The van der Waals surface area contributed by atoms with E-state index in [0.29, 0.717) is 0 Å². The van der Waals surface area contributed by atoms with Crippen LogP contribution in [0.5, 0.6) is 0 Å². The molecule has 1 atom stereocenters. The SMILES string of the molecule is CN(C)CCCCn1ccc2c1CCCC2N. The van der Waals surface area contributed by atoms with Crippen LogP contribution in [0.2, 0.25) is 0 Å². The minimum absolute atomic E-state index is 0.279. The van der Waals surface area contributed by atoms with E-state index in [0.717, 1.165) is 13.0 Å². The van der Waals surface area contributed by atoms with E-state index >= 15 is 0 Å². The standard InChI is InChI=1S/C14H25N3/c1-16(2)9-3-4-10-17-11-8-12-13(15)6-5-7-14(12)17/h8,11,13H,3-7,9-10,15H2,1-2H3. The zero-order valence-electron chi connectivity index (χ0n) is 11.2. The van der Waals surface area contributed by atoms with Crippen LogP contribution in [-0.4, -0.2) is 30.1 Å². The Morgan fingerprint density at radius 2 is 2.24 bits per heavy atom. The molecule has 1 aromatic rings. The van der Waals surface area contributed by atoms with E-state index in [1.165, 1.54) is 43.5 Å². The molecule has 1 unspecified atom stereocenters. The topological polar surface area (TPSA) is 34.2 Å². The highest BCUT2D eigenvalue weighted by atomic mass is 15.0. The van der Waals surface area contributed by atoms with Crippen molar-refractivity contribution in [2.75, 3.05) is 20.6 Å². The lowest BCUT2D eigenvalue weighted by molar-refractivity contribution is 0.386. The first-order chi connectivity index (χ1) is 8.18. The first-order valence-electron chi connectivity index (χ1n) is 6.76. The third kappa shape index (κ3) is 3.11. The van der Waals surface area contributed by atoms with Gasteiger partial charge in [0.15, 0.2) is 0 Å². The second-order valence-corrected chi connectivity index (χ2v) is 5.42. The first-order valence-corrected chi connectivity index (χ1v) is 6.76. The van der Waals surface area contributed by atoms with Crippen molar-refractivity contribution in [3.8, 4) is 0 Å². The van der Waals surface area contributed by atoms with Crippen LogP contribution in [-0.2, 0) is 13.0 Å². The Morgan fingerprint density at radius 3 is 3.00 bits per heavy atom. The minimum atomic E-state index is 0.279. The molecule has 1 aliphatic carbocycles. The molecule has 3 heteroatoms. The molecular weight excluding hydrogens is 210 g/mol. The molecular formula is C14H25N3. The van der Waals surface area contributed by atoms with Gasteiger partial charge in [0.05, 0.1) is 0 Å². The molecule has 96 valence electrons. The monoisotopic (exact) mass is 235 g/mol. The molecule has 17 heavy (non-hydrogen) atoms. The van der Waals surface area contributed by atoms with Crippen LogP contribution < -0.4 is 5.73 Å². The van der Waals surface area contributed by atoms with Gasteiger partial charge in [-0.3, -0.25) is 0 Å². The molecule has 1 heterocycles. The molecule has 1 aliphatic rings. The Morgan fingerprint density at radius 1 is 1.41 bits per heavy atom. The van der Waals surface area contributed by atoms with Crippen molar-refractivity contribution in [3.63, 3.8) is 0 Å². The summed E-state index contributed by atoms with van der Waals surface area (Å²) in [5.41, 5.74) is 9.02. The normalized spacial score (nSPS) is 19.6. The fourth-order valence-electron chi connectivity index (χ4n) is 2.71. The summed E-state index contributed by atoms with van der Waals surface area (Å²) in [4.78, 5) is 2.25. The van der Waals surface area contributed by atoms with E-state index in [-0.39, 0.29) is 6.04 Å². The summed E-state index contributed by atoms with van der Waals surface area (Å²) in [6.45, 7) is 2.33. The second-order valence-electron chi connectivity index (χ2n) is 5.42. The predicted octanol–water partition coefficient (Wildman–Crippen LogP) is 2.17. The number of aromatic nitrogens is 1. The van der Waals surface area contributed by atoms with E-state index in [1.807, 2.05) is 0 Å². The summed E-state index contributed by atoms with van der Waals surface area (Å²) >= 11 is 0. The fraction of sp³-hybridized carbons (Fsp3) is 0.714. The van der Waals surface area contributed by atoms with Gasteiger partial charge >= 0.3 is 0 Å². The Bertz CT molecular complexity index is 354. The number of unbranched alkanes of at least 4 members (excludes halogenated alkanes) is 1. The number of hydrogen-bond donors (Lipinski definition) is 1. The average molecular weight is 235 g/mol. The number of aryl methyl sites for hydroxylation is 1. The van der Waals surface area contributed by atoms with Crippen molar-refractivity contribution < 1.29 is 0 Å². The molecule has 0 fully saturated rings. The molecule has 2 N–H and O–H groups in total. The van der Waals surface area contributed by atoms with Crippen molar-refractivity contribution in [1.82, 2.24) is 9.47 Å². The van der Waals surface area contributed by atoms with Crippen LogP contribution in [0.25, 0.3) is 0 Å². The fourth-order valence-corrected chi connectivity index (χ4v) is 2.71. The number of fused-ring (bicyclic) bond motifs is 1. The molecule has 1 aromatic heterocycles. The Balaban J connectivity index is 1.89. The van der Waals surface area contributed by atoms with Crippen molar-refractivity contribution in [1.29, 1.82) is 0 Å². The van der Waals surface area contributed by atoms with E-state index in [9.17, 15) is 0 Å². The van der Waals surface area contributed by atoms with Crippen LogP contribution in [0.15, 0.2) is 12.3 Å². The summed E-state index contributed by atoms with van der Waals surface area (Å²) in [6, 6.07) is 2.51. The lowest BCUT2D eigenvalue weighted by atomic mass is 9.93. The summed E-state index contributed by atoms with van der Waals surface area (Å²) < 4.78 is 2.42. The van der Waals surface area contributed by atoms with Crippen LogP contribution >= 0.6 is 0 Å². The van der Waals surface area contributed by atoms with Crippen LogP contribution in [0.1, 0.15) is 43.0 Å². The van der Waals surface area contributed by atoms with E-state index < -0.39 is 0 Å². The Kier molecular flexibility index (Phi) is 4.24. The third-order valence-electron chi connectivity index (χ3n) is 3.70. The number of hydrogen-bond acceptors (Lipinski definition) is 2. The maximum Gasteiger partial charge on any atom is 0.0312 e. The number of nitrogens with two attached hydrogens (primary N) is 1. The molecule has 0 saturated carbocycles. The van der Waals surface area contributed by atoms with Crippen LogP contribution in [0.4, 0.5) is 0 Å². The van der Waals surface area contributed by atoms with E-state index in [2.05, 4.69) is 35.8 Å². The van der Waals surface area contributed by atoms with Gasteiger partial charge in [0.1, 0.15) is 0 Å². The number of rotatable bonds is 5. The zero-order chi connectivity index (χ0) is 12.3. The molecule has 0 radical (unpaired) electrons. The molecule has 0 aromatic carbocycles. The molecule has 0 spiro atoms. The van der Waals surface area contributed by atoms with Gasteiger partial charge < -0.3 is 15.2 Å². The van der Waals surface area contributed by atoms with Gasteiger partial charge in [-0.1, -0.05) is 0 Å². The van der Waals surface area contributed by atoms with E-state index in [4.69, 9.17) is 5.73 Å². The van der Waals surface area contributed by atoms with Gasteiger partial charge in [-0.15, -0.1) is 0 Å². The molecule has 3 nitrogen and oxygen atoms in total. The lowest BCUT2D eigenvalue weighted by Gasteiger charge is -2.21.